The van der Waals surface area contributed by atoms with Crippen molar-refractivity contribution in [2.45, 2.75) is 6.54 Å². The summed E-state index contributed by atoms with van der Waals surface area (Å²) in [7, 11) is 1.61. The molecule has 8 heteroatoms. The minimum Gasteiger partial charge on any atom is -0.380 e. The van der Waals surface area contributed by atoms with Crippen molar-refractivity contribution < 1.29 is 4.92 Å². The Hall–Kier alpha value is -1.53. The highest BCUT2D eigenvalue weighted by Crippen LogP contribution is 2.18. The zero-order valence-electron chi connectivity index (χ0n) is 8.93. The van der Waals surface area contributed by atoms with Crippen LogP contribution < -0.4 is 5.73 Å². The Balaban J connectivity index is 2.81. The molecule has 2 N–H and O–H groups in total. The molecule has 92 valence electrons. The highest BCUT2D eigenvalue weighted by atomic mass is 35.5. The minimum atomic E-state index is -0.618. The van der Waals surface area contributed by atoms with Crippen LogP contribution in [0.4, 0.5) is 0 Å². The number of hydrogen-bond acceptors (Lipinski definition) is 5. The van der Waals surface area contributed by atoms with Crippen LogP contribution >= 0.6 is 23.2 Å². The average Bonchev–Trinajstić information content (AvgIpc) is 2.21. The molecule has 0 atom stereocenters. The van der Waals surface area contributed by atoms with Gasteiger partial charge in [0.25, 0.3) is 6.20 Å². The van der Waals surface area contributed by atoms with Gasteiger partial charge in [0.05, 0.1) is 4.92 Å². The van der Waals surface area contributed by atoms with Crippen molar-refractivity contribution in [3.63, 3.8) is 0 Å². The molecule has 0 fully saturated rings. The van der Waals surface area contributed by atoms with Gasteiger partial charge in [-0.2, -0.15) is 0 Å². The largest absolute Gasteiger partial charge is 0.380 e. The predicted octanol–water partition coefficient (Wildman–Crippen LogP) is 1.85. The minimum absolute atomic E-state index is 0.0287. The molecule has 0 bridgehead atoms. The first-order chi connectivity index (χ1) is 7.90. The van der Waals surface area contributed by atoms with Crippen molar-refractivity contribution in [3.8, 4) is 0 Å². The maximum atomic E-state index is 10.2. The smallest absolute Gasteiger partial charge is 0.274 e. The molecule has 0 saturated carbocycles. The van der Waals surface area contributed by atoms with Crippen molar-refractivity contribution in [2.75, 3.05) is 7.05 Å². The van der Waals surface area contributed by atoms with Crippen LogP contribution in [0.15, 0.2) is 24.2 Å². The number of rotatable bonds is 4. The summed E-state index contributed by atoms with van der Waals surface area (Å²) in [6.07, 6.45) is 0.719. The van der Waals surface area contributed by atoms with E-state index in [1.54, 1.807) is 19.2 Å². The van der Waals surface area contributed by atoms with E-state index in [1.807, 2.05) is 0 Å². The van der Waals surface area contributed by atoms with Crippen LogP contribution in [0.3, 0.4) is 0 Å². The van der Waals surface area contributed by atoms with Gasteiger partial charge in [-0.15, -0.1) is 0 Å². The van der Waals surface area contributed by atoms with E-state index in [1.165, 1.54) is 4.90 Å². The van der Waals surface area contributed by atoms with Crippen LogP contribution in [0.2, 0.25) is 10.3 Å². The molecule has 0 unspecified atom stereocenters. The van der Waals surface area contributed by atoms with Crippen molar-refractivity contribution in [1.82, 2.24) is 9.88 Å². The van der Waals surface area contributed by atoms with E-state index >= 15 is 0 Å². The Morgan fingerprint density at radius 1 is 1.65 bits per heavy atom. The number of halogens is 2. The zero-order valence-corrected chi connectivity index (χ0v) is 10.4. The van der Waals surface area contributed by atoms with E-state index in [2.05, 4.69) is 4.98 Å². The zero-order chi connectivity index (χ0) is 13.0. The second-order valence-corrected chi connectivity index (χ2v) is 4.02. The van der Waals surface area contributed by atoms with Crippen molar-refractivity contribution in [1.29, 1.82) is 0 Å². The van der Waals surface area contributed by atoms with Crippen LogP contribution in [-0.4, -0.2) is 21.9 Å². The van der Waals surface area contributed by atoms with Crippen LogP contribution in [0, 0.1) is 10.1 Å². The van der Waals surface area contributed by atoms with Gasteiger partial charge >= 0.3 is 0 Å². The molecule has 0 radical (unpaired) electrons. The molecule has 1 aromatic heterocycles. The molecule has 0 aliphatic heterocycles. The Labute approximate surface area is 108 Å². The van der Waals surface area contributed by atoms with Crippen molar-refractivity contribution in [2.24, 2.45) is 5.73 Å². The van der Waals surface area contributed by atoms with Gasteiger partial charge in [0.15, 0.2) is 5.82 Å². The fourth-order valence-corrected chi connectivity index (χ4v) is 1.52. The molecular formula is C9H10Cl2N4O2. The van der Waals surface area contributed by atoms with E-state index in [4.69, 9.17) is 28.9 Å². The summed E-state index contributed by atoms with van der Waals surface area (Å²) >= 11 is 11.5. The number of nitrogens with two attached hydrogens (primary N) is 1. The highest BCUT2D eigenvalue weighted by molar-refractivity contribution is 6.32. The summed E-state index contributed by atoms with van der Waals surface area (Å²) in [5.74, 6) is 0.0287. The number of pyridine rings is 1. The summed E-state index contributed by atoms with van der Waals surface area (Å²) < 4.78 is 0. The summed E-state index contributed by atoms with van der Waals surface area (Å²) in [4.78, 5) is 15.0. The van der Waals surface area contributed by atoms with Gasteiger partial charge in [-0.05, 0) is 6.07 Å². The lowest BCUT2D eigenvalue weighted by molar-refractivity contribution is -0.404. The Morgan fingerprint density at radius 3 is 2.82 bits per heavy atom. The summed E-state index contributed by atoms with van der Waals surface area (Å²) in [6.45, 7) is 0.305. The summed E-state index contributed by atoms with van der Waals surface area (Å²) in [6, 6.07) is 3.28. The fourth-order valence-electron chi connectivity index (χ4n) is 1.11. The third-order valence-corrected chi connectivity index (χ3v) is 2.52. The van der Waals surface area contributed by atoms with Gasteiger partial charge in [0, 0.05) is 19.2 Å². The third-order valence-electron chi connectivity index (χ3n) is 1.98. The second-order valence-electron chi connectivity index (χ2n) is 3.28. The third kappa shape index (κ3) is 4.08. The predicted molar refractivity (Wildman–Crippen MR) is 65.0 cm³/mol. The molecular weight excluding hydrogens is 267 g/mol. The first-order valence-corrected chi connectivity index (χ1v) is 5.28. The van der Waals surface area contributed by atoms with Crippen molar-refractivity contribution >= 4 is 23.2 Å². The van der Waals surface area contributed by atoms with Crippen LogP contribution in [0.1, 0.15) is 5.56 Å². The SMILES string of the molecule is CN(Cc1ccc(Cl)nc1Cl)/C(N)=C/[N+](=O)[O-]. The lowest BCUT2D eigenvalue weighted by Crippen LogP contribution is -2.24. The number of hydrogen-bond donors (Lipinski definition) is 1. The maximum Gasteiger partial charge on any atom is 0.274 e. The monoisotopic (exact) mass is 276 g/mol. The van der Waals surface area contributed by atoms with Gasteiger partial charge in [0.2, 0.25) is 0 Å². The quantitative estimate of drug-likeness (QED) is 0.515. The molecule has 1 heterocycles. The van der Waals surface area contributed by atoms with Gasteiger partial charge in [-0.3, -0.25) is 10.1 Å². The summed E-state index contributed by atoms with van der Waals surface area (Å²) in [5, 5.41) is 10.8. The lowest BCUT2D eigenvalue weighted by atomic mass is 10.3. The molecule has 0 aliphatic rings. The standard InChI is InChI=1S/C9H10Cl2N4O2/c1-14(8(12)5-15(16)17)4-6-2-3-7(10)13-9(6)11/h2-3,5H,4,12H2,1H3/b8-5+. The average molecular weight is 277 g/mol. The maximum absolute atomic E-state index is 10.2. The van der Waals surface area contributed by atoms with E-state index in [0.29, 0.717) is 12.1 Å². The molecule has 0 saturated heterocycles. The Kier molecular flexibility index (Phi) is 4.53. The van der Waals surface area contributed by atoms with Crippen LogP contribution in [-0.2, 0) is 6.54 Å². The van der Waals surface area contributed by atoms with Crippen LogP contribution in [0.5, 0.6) is 0 Å². The van der Waals surface area contributed by atoms with E-state index in [9.17, 15) is 10.1 Å². The van der Waals surface area contributed by atoms with E-state index in [-0.39, 0.29) is 16.1 Å². The molecule has 6 nitrogen and oxygen atoms in total. The fraction of sp³-hybridized carbons (Fsp3) is 0.222. The number of nitrogens with zero attached hydrogens (tertiary/aromatic N) is 3. The van der Waals surface area contributed by atoms with Gasteiger partial charge in [-0.25, -0.2) is 4.98 Å². The van der Waals surface area contributed by atoms with E-state index < -0.39 is 4.92 Å². The molecule has 17 heavy (non-hydrogen) atoms. The Bertz CT molecular complexity index is 464. The normalized spacial score (nSPS) is 11.4. The lowest BCUT2D eigenvalue weighted by Gasteiger charge is -2.17. The molecule has 1 rings (SSSR count). The Morgan fingerprint density at radius 2 is 2.29 bits per heavy atom. The van der Waals surface area contributed by atoms with Crippen LogP contribution in [0.25, 0.3) is 0 Å². The first kappa shape index (κ1) is 13.5. The first-order valence-electron chi connectivity index (χ1n) is 4.53. The highest BCUT2D eigenvalue weighted by Gasteiger charge is 2.09. The van der Waals surface area contributed by atoms with Gasteiger partial charge < -0.3 is 10.6 Å². The summed E-state index contributed by atoms with van der Waals surface area (Å²) in [5.41, 5.74) is 6.18. The number of nitro groups is 1. The molecule has 0 spiro atoms. The van der Waals surface area contributed by atoms with Gasteiger partial charge in [-0.1, -0.05) is 29.3 Å². The molecule has 0 amide bonds. The van der Waals surface area contributed by atoms with E-state index in [0.717, 1.165) is 6.20 Å². The molecule has 0 aliphatic carbocycles. The topological polar surface area (TPSA) is 85.3 Å². The second kappa shape index (κ2) is 5.70. The molecule has 1 aromatic rings. The number of aromatic nitrogens is 1. The van der Waals surface area contributed by atoms with Crippen molar-refractivity contribution in [3.05, 3.63) is 50.1 Å². The van der Waals surface area contributed by atoms with Gasteiger partial charge in [0.1, 0.15) is 10.3 Å². The molecule has 0 aromatic carbocycles.